The topological polar surface area (TPSA) is 113 Å². The van der Waals surface area contributed by atoms with Crippen molar-refractivity contribution in [3.05, 3.63) is 12.2 Å². The highest BCUT2D eigenvalue weighted by Crippen LogP contribution is 2.76. The smallest absolute Gasteiger partial charge is 0.309 e. The molecule has 7 fully saturated rings. The largest absolute Gasteiger partial charge is 0.481 e. The van der Waals surface area contributed by atoms with Crippen LogP contribution in [0.15, 0.2) is 12.2 Å². The molecule has 8 nitrogen and oxygen atoms in total. The maximum Gasteiger partial charge on any atom is 0.309 e. The Bertz CT molecular complexity index is 1590. The summed E-state index contributed by atoms with van der Waals surface area (Å²) in [6.45, 7) is 28.5. The van der Waals surface area contributed by atoms with E-state index in [9.17, 15) is 24.3 Å². The van der Waals surface area contributed by atoms with E-state index in [0.29, 0.717) is 35.5 Å². The number of hydrogen-bond donors (Lipinski definition) is 2. The van der Waals surface area contributed by atoms with E-state index in [1.165, 1.54) is 18.4 Å². The number of esters is 1. The normalized spacial score (nSPS) is 44.1. The molecule has 0 spiro atoms. The lowest BCUT2D eigenvalue weighted by Gasteiger charge is -2.72. The first-order valence-electron chi connectivity index (χ1n) is 22.2. The Labute approximate surface area is 332 Å². The van der Waals surface area contributed by atoms with Crippen molar-refractivity contribution < 1.29 is 29.0 Å². The summed E-state index contributed by atoms with van der Waals surface area (Å²) in [7, 11) is 0. The molecule has 2 amide bonds. The molecule has 1 aliphatic heterocycles. The van der Waals surface area contributed by atoms with Crippen LogP contribution in [0.1, 0.15) is 153 Å². The van der Waals surface area contributed by atoms with Gasteiger partial charge >= 0.3 is 11.9 Å². The molecule has 7 rings (SSSR count). The molecular formula is C47H74N2O6. The van der Waals surface area contributed by atoms with Gasteiger partial charge in [-0.15, -0.1) is 0 Å². The molecule has 1 saturated heterocycles. The lowest BCUT2D eigenvalue weighted by Crippen LogP contribution is -2.66. The molecule has 0 radical (unpaired) electrons. The molecule has 55 heavy (non-hydrogen) atoms. The summed E-state index contributed by atoms with van der Waals surface area (Å²) in [6, 6.07) is 0.0393. The molecule has 308 valence electrons. The summed E-state index contributed by atoms with van der Waals surface area (Å²) in [6.07, 6.45) is 12.2. The zero-order valence-electron chi connectivity index (χ0n) is 36.0. The number of carboxylic acid groups (broad SMARTS) is 1. The SMILES string of the molecule is C=C(C)[C@@H]1C[C@@H](C(=O)N[C@H]2C[C@@H](C(=O)N3CCCC3)C2(C)C)C2CC[C@]3(C)[C@H](CC[C@@H]4[C@@]5(C)CC[C@H](OC(=O)CC(C)(C)C(=O)O)C(C)(C)[C@@H]5CC[C@]43C)[C@H]21. The van der Waals surface area contributed by atoms with Crippen molar-refractivity contribution in [1.82, 2.24) is 10.2 Å². The van der Waals surface area contributed by atoms with Crippen LogP contribution in [0.4, 0.5) is 0 Å². The van der Waals surface area contributed by atoms with Gasteiger partial charge in [-0.1, -0.05) is 60.6 Å². The molecule has 0 bridgehead atoms. The Kier molecular flexibility index (Phi) is 10.1. The second-order valence-corrected chi connectivity index (χ2v) is 22.7. The van der Waals surface area contributed by atoms with Crippen LogP contribution in [-0.2, 0) is 23.9 Å². The first-order chi connectivity index (χ1) is 25.5. The zero-order chi connectivity index (χ0) is 40.3. The van der Waals surface area contributed by atoms with E-state index >= 15 is 0 Å². The maximum atomic E-state index is 14.4. The van der Waals surface area contributed by atoms with E-state index in [1.54, 1.807) is 13.8 Å². The highest BCUT2D eigenvalue weighted by Gasteiger charge is 2.70. The average Bonchev–Trinajstić information content (AvgIpc) is 3.77. The van der Waals surface area contributed by atoms with Gasteiger partial charge in [0, 0.05) is 36.4 Å². The first-order valence-corrected chi connectivity index (χ1v) is 22.2. The average molecular weight is 763 g/mol. The van der Waals surface area contributed by atoms with Crippen molar-refractivity contribution >= 4 is 23.8 Å². The molecule has 6 aliphatic carbocycles. The summed E-state index contributed by atoms with van der Waals surface area (Å²) in [5.74, 6) is 1.84. The van der Waals surface area contributed by atoms with Crippen LogP contribution >= 0.6 is 0 Å². The van der Waals surface area contributed by atoms with Crippen LogP contribution in [0.3, 0.4) is 0 Å². The Morgan fingerprint density at radius 3 is 2.09 bits per heavy atom. The Morgan fingerprint density at radius 2 is 1.47 bits per heavy atom. The van der Waals surface area contributed by atoms with Crippen LogP contribution < -0.4 is 5.32 Å². The van der Waals surface area contributed by atoms with Gasteiger partial charge < -0.3 is 20.1 Å². The van der Waals surface area contributed by atoms with Gasteiger partial charge in [0.25, 0.3) is 0 Å². The van der Waals surface area contributed by atoms with Crippen molar-refractivity contribution in [3.8, 4) is 0 Å². The van der Waals surface area contributed by atoms with E-state index in [0.717, 1.165) is 77.3 Å². The van der Waals surface area contributed by atoms with Gasteiger partial charge in [-0.25, -0.2) is 0 Å². The Morgan fingerprint density at radius 1 is 0.818 bits per heavy atom. The maximum absolute atomic E-state index is 14.4. The molecule has 8 heteroatoms. The minimum atomic E-state index is -1.15. The highest BCUT2D eigenvalue weighted by molar-refractivity contribution is 5.84. The van der Waals surface area contributed by atoms with E-state index in [4.69, 9.17) is 4.74 Å². The van der Waals surface area contributed by atoms with Crippen molar-refractivity contribution in [1.29, 1.82) is 0 Å². The number of nitrogens with one attached hydrogen (secondary N) is 1. The van der Waals surface area contributed by atoms with E-state index < -0.39 is 17.4 Å². The van der Waals surface area contributed by atoms with Crippen molar-refractivity contribution in [2.45, 2.75) is 165 Å². The predicted molar refractivity (Wildman–Crippen MR) is 214 cm³/mol. The van der Waals surface area contributed by atoms with Gasteiger partial charge in [0.15, 0.2) is 0 Å². The molecule has 2 N–H and O–H groups in total. The predicted octanol–water partition coefficient (Wildman–Crippen LogP) is 9.07. The second-order valence-electron chi connectivity index (χ2n) is 22.7. The third kappa shape index (κ3) is 6.16. The Balaban J connectivity index is 1.06. The number of nitrogens with zero attached hydrogens (tertiary/aromatic N) is 1. The van der Waals surface area contributed by atoms with E-state index in [1.807, 2.05) is 4.90 Å². The number of carboxylic acids is 1. The molecular weight excluding hydrogens is 689 g/mol. The van der Waals surface area contributed by atoms with Gasteiger partial charge in [0.1, 0.15) is 6.10 Å². The zero-order valence-corrected chi connectivity index (χ0v) is 36.0. The van der Waals surface area contributed by atoms with E-state index in [2.05, 4.69) is 67.3 Å². The lowest BCUT2D eigenvalue weighted by molar-refractivity contribution is -0.245. The quantitative estimate of drug-likeness (QED) is 0.189. The van der Waals surface area contributed by atoms with E-state index in [-0.39, 0.29) is 69.3 Å². The lowest BCUT2D eigenvalue weighted by atomic mass is 9.33. The summed E-state index contributed by atoms with van der Waals surface area (Å²) >= 11 is 0. The van der Waals surface area contributed by atoms with Crippen molar-refractivity contribution in [2.24, 2.45) is 79.8 Å². The summed E-state index contributed by atoms with van der Waals surface area (Å²) < 4.78 is 6.19. The molecule has 7 aliphatic rings. The standard InChI is InChI=1S/C47H74N2O6/c1-27(2)29-24-30(39(51)48-35-25-32(43(35,5)6)40(52)49-22-12-13-23-49)28-16-20-46(10)31(38(28)29)14-15-34-45(9)19-18-36(55-37(50)26-42(3,4)41(53)54)44(7,8)33(45)17-21-47(34,46)11/h28-36,38H,1,12-26H2,2-11H3,(H,48,51)(H,53,54)/t28?,29-,30+,31+,32-,33-,34+,35-,36-,38+,45-,46+,47+/m0/s1. The molecule has 0 aromatic rings. The number of likely N-dealkylation sites (tertiary alicyclic amines) is 1. The van der Waals surface area contributed by atoms with Crippen molar-refractivity contribution in [2.75, 3.05) is 13.1 Å². The molecule has 1 unspecified atom stereocenters. The van der Waals surface area contributed by atoms with Gasteiger partial charge in [0.2, 0.25) is 11.8 Å². The second kappa shape index (κ2) is 13.6. The first kappa shape index (κ1) is 40.8. The third-order valence-electron chi connectivity index (χ3n) is 19.0. The highest BCUT2D eigenvalue weighted by atomic mass is 16.5. The summed E-state index contributed by atoms with van der Waals surface area (Å²) in [5.41, 5.74) is 0.103. The molecule has 0 aromatic heterocycles. The molecule has 13 atom stereocenters. The van der Waals surface area contributed by atoms with Crippen LogP contribution in [0.5, 0.6) is 0 Å². The van der Waals surface area contributed by atoms with Crippen LogP contribution in [0.25, 0.3) is 0 Å². The molecule has 0 aromatic carbocycles. The molecule has 6 saturated carbocycles. The fraction of sp³-hybridized carbons (Fsp3) is 0.872. The fourth-order valence-corrected chi connectivity index (χ4v) is 15.4. The minimum absolute atomic E-state index is 0.000900. The fourth-order valence-electron chi connectivity index (χ4n) is 15.4. The number of carbonyl (C=O) groups excluding carboxylic acids is 3. The number of rotatable bonds is 8. The summed E-state index contributed by atoms with van der Waals surface area (Å²) in [5, 5.41) is 13.2. The molecule has 1 heterocycles. The number of aliphatic carboxylic acids is 1. The Hall–Kier alpha value is -2.38. The number of allylic oxidation sites excluding steroid dienone is 1. The van der Waals surface area contributed by atoms with Crippen LogP contribution in [-0.4, -0.2) is 59.0 Å². The monoisotopic (exact) mass is 763 g/mol. The minimum Gasteiger partial charge on any atom is -0.481 e. The van der Waals surface area contributed by atoms with Crippen LogP contribution in [0, 0.1) is 79.8 Å². The van der Waals surface area contributed by atoms with Gasteiger partial charge in [0.05, 0.1) is 11.8 Å². The number of ether oxygens (including phenoxy) is 1. The van der Waals surface area contributed by atoms with Gasteiger partial charge in [-0.2, -0.15) is 0 Å². The van der Waals surface area contributed by atoms with Crippen molar-refractivity contribution in [3.63, 3.8) is 0 Å². The number of hydrogen-bond acceptors (Lipinski definition) is 5. The number of carbonyl (C=O) groups is 4. The number of fused-ring (bicyclic) bond motifs is 7. The van der Waals surface area contributed by atoms with Gasteiger partial charge in [-0.05, 0) is 155 Å². The van der Waals surface area contributed by atoms with Gasteiger partial charge in [-0.3, -0.25) is 19.2 Å². The summed E-state index contributed by atoms with van der Waals surface area (Å²) in [4.78, 5) is 54.6. The van der Waals surface area contributed by atoms with Crippen LogP contribution in [0.2, 0.25) is 0 Å². The number of amides is 2. The third-order valence-corrected chi connectivity index (χ3v) is 19.0.